The van der Waals surface area contributed by atoms with Crippen molar-refractivity contribution in [3.8, 4) is 11.5 Å². The molecule has 1 amide bonds. The highest BCUT2D eigenvalue weighted by Gasteiger charge is 2.15. The standard InChI is InChI=1S/C22H39N3O3.2ClH/c1-7-25(8-2)14-10-13-23-16-18-11-12-19(20(15-18)27-9-3)28-17-21(26)24-22(4,5)6;;/h11-12,15,23H,7-10,13-14,16-17H2,1-6H3,(H,24,26);2*1H. The first kappa shape index (κ1) is 31.0. The highest BCUT2D eigenvalue weighted by atomic mass is 35.5. The van der Waals surface area contributed by atoms with Gasteiger partial charge in [0.05, 0.1) is 6.61 Å². The van der Waals surface area contributed by atoms with E-state index in [2.05, 4.69) is 29.4 Å². The van der Waals surface area contributed by atoms with Crippen molar-refractivity contribution in [2.75, 3.05) is 39.4 Å². The molecule has 0 aliphatic heterocycles. The summed E-state index contributed by atoms with van der Waals surface area (Å²) in [6, 6.07) is 5.87. The second-order valence-electron chi connectivity index (χ2n) is 7.86. The average Bonchev–Trinajstić information content (AvgIpc) is 2.63. The smallest absolute Gasteiger partial charge is 0.258 e. The number of rotatable bonds is 13. The Hall–Kier alpha value is -1.21. The largest absolute Gasteiger partial charge is 0.490 e. The van der Waals surface area contributed by atoms with Gasteiger partial charge in [-0.1, -0.05) is 19.9 Å². The van der Waals surface area contributed by atoms with E-state index in [1.165, 1.54) is 0 Å². The van der Waals surface area contributed by atoms with E-state index in [1.54, 1.807) is 0 Å². The number of nitrogens with one attached hydrogen (secondary N) is 2. The topological polar surface area (TPSA) is 62.8 Å². The Balaban J connectivity index is 0. The van der Waals surface area contributed by atoms with E-state index in [0.717, 1.165) is 44.7 Å². The van der Waals surface area contributed by atoms with Crippen molar-refractivity contribution in [2.24, 2.45) is 0 Å². The maximum atomic E-state index is 12.0. The van der Waals surface area contributed by atoms with Crippen LogP contribution in [-0.4, -0.2) is 55.7 Å². The van der Waals surface area contributed by atoms with E-state index in [0.29, 0.717) is 18.1 Å². The summed E-state index contributed by atoms with van der Waals surface area (Å²) in [6.45, 7) is 17.8. The summed E-state index contributed by atoms with van der Waals surface area (Å²) < 4.78 is 11.4. The van der Waals surface area contributed by atoms with Crippen LogP contribution in [0.15, 0.2) is 18.2 Å². The van der Waals surface area contributed by atoms with Crippen LogP contribution in [0.25, 0.3) is 0 Å². The van der Waals surface area contributed by atoms with Gasteiger partial charge in [-0.25, -0.2) is 0 Å². The number of amides is 1. The summed E-state index contributed by atoms with van der Waals surface area (Å²) >= 11 is 0. The van der Waals surface area contributed by atoms with Crippen LogP contribution in [0, 0.1) is 0 Å². The molecule has 0 aromatic heterocycles. The Morgan fingerprint density at radius 1 is 1.03 bits per heavy atom. The molecule has 0 aliphatic carbocycles. The van der Waals surface area contributed by atoms with Gasteiger partial charge in [-0.15, -0.1) is 24.8 Å². The SMILES string of the molecule is CCOc1cc(CNCCCN(CC)CC)ccc1OCC(=O)NC(C)(C)C.Cl.Cl. The van der Waals surface area contributed by atoms with Gasteiger partial charge < -0.3 is 25.0 Å². The number of carbonyl (C=O) groups is 1. The Kier molecular flexibility index (Phi) is 17.0. The van der Waals surface area contributed by atoms with Crippen molar-refractivity contribution in [2.45, 2.75) is 60.0 Å². The minimum absolute atomic E-state index is 0. The third-order valence-corrected chi connectivity index (χ3v) is 4.23. The lowest BCUT2D eigenvalue weighted by Gasteiger charge is -2.21. The quantitative estimate of drug-likeness (QED) is 0.430. The molecule has 0 saturated heterocycles. The lowest BCUT2D eigenvalue weighted by Crippen LogP contribution is -2.43. The van der Waals surface area contributed by atoms with Crippen LogP contribution < -0.4 is 20.1 Å². The van der Waals surface area contributed by atoms with Crippen LogP contribution in [-0.2, 0) is 11.3 Å². The van der Waals surface area contributed by atoms with Gasteiger partial charge in [0.15, 0.2) is 18.1 Å². The van der Waals surface area contributed by atoms with Gasteiger partial charge in [0.25, 0.3) is 5.91 Å². The zero-order chi connectivity index (χ0) is 21.0. The van der Waals surface area contributed by atoms with E-state index in [9.17, 15) is 4.79 Å². The number of halogens is 2. The Morgan fingerprint density at radius 3 is 2.27 bits per heavy atom. The van der Waals surface area contributed by atoms with Gasteiger partial charge in [0.2, 0.25) is 0 Å². The molecule has 0 radical (unpaired) electrons. The van der Waals surface area contributed by atoms with E-state index in [1.807, 2.05) is 45.9 Å². The Bertz CT molecular complexity index is 591. The lowest BCUT2D eigenvalue weighted by atomic mass is 10.1. The van der Waals surface area contributed by atoms with Crippen LogP contribution in [0.2, 0.25) is 0 Å². The van der Waals surface area contributed by atoms with Crippen molar-refractivity contribution in [1.82, 2.24) is 15.5 Å². The molecule has 6 nitrogen and oxygen atoms in total. The molecular weight excluding hydrogens is 425 g/mol. The first-order valence-corrected chi connectivity index (χ1v) is 10.4. The number of ether oxygens (including phenoxy) is 2. The number of carbonyl (C=O) groups excluding carboxylic acids is 1. The molecule has 2 N–H and O–H groups in total. The summed E-state index contributed by atoms with van der Waals surface area (Å²) in [4.78, 5) is 14.4. The molecule has 30 heavy (non-hydrogen) atoms. The molecule has 0 fully saturated rings. The molecule has 0 atom stereocenters. The van der Waals surface area contributed by atoms with Crippen molar-refractivity contribution in [1.29, 1.82) is 0 Å². The molecular formula is C22H41Cl2N3O3. The van der Waals surface area contributed by atoms with Gasteiger partial charge in [-0.2, -0.15) is 0 Å². The van der Waals surface area contributed by atoms with Crippen LogP contribution in [0.5, 0.6) is 11.5 Å². The fraction of sp³-hybridized carbons (Fsp3) is 0.682. The highest BCUT2D eigenvalue weighted by molar-refractivity contribution is 5.85. The summed E-state index contributed by atoms with van der Waals surface area (Å²) in [5.41, 5.74) is 0.863. The van der Waals surface area contributed by atoms with Crippen molar-refractivity contribution in [3.05, 3.63) is 23.8 Å². The van der Waals surface area contributed by atoms with E-state index >= 15 is 0 Å². The number of hydrogen-bond donors (Lipinski definition) is 2. The van der Waals surface area contributed by atoms with E-state index in [4.69, 9.17) is 9.47 Å². The summed E-state index contributed by atoms with van der Waals surface area (Å²) in [7, 11) is 0. The zero-order valence-electron chi connectivity index (χ0n) is 19.4. The molecule has 176 valence electrons. The normalized spacial score (nSPS) is 10.8. The number of nitrogens with zero attached hydrogens (tertiary/aromatic N) is 1. The molecule has 1 aromatic carbocycles. The average molecular weight is 466 g/mol. The minimum Gasteiger partial charge on any atom is -0.490 e. The van der Waals surface area contributed by atoms with Gasteiger partial charge in [-0.05, 0) is 78.0 Å². The van der Waals surface area contributed by atoms with Crippen molar-refractivity contribution >= 4 is 30.7 Å². The lowest BCUT2D eigenvalue weighted by molar-refractivity contribution is -0.124. The predicted octanol–water partition coefficient (Wildman–Crippen LogP) is 4.04. The molecule has 1 aromatic rings. The minimum atomic E-state index is -0.274. The van der Waals surface area contributed by atoms with Crippen molar-refractivity contribution < 1.29 is 14.3 Å². The summed E-state index contributed by atoms with van der Waals surface area (Å²) in [5, 5.41) is 6.37. The van der Waals surface area contributed by atoms with Gasteiger partial charge in [0, 0.05) is 12.1 Å². The second kappa shape index (κ2) is 16.5. The fourth-order valence-electron chi connectivity index (χ4n) is 2.85. The Morgan fingerprint density at radius 2 is 1.70 bits per heavy atom. The van der Waals surface area contributed by atoms with Gasteiger partial charge >= 0.3 is 0 Å². The molecule has 0 spiro atoms. The molecule has 8 heteroatoms. The number of hydrogen-bond acceptors (Lipinski definition) is 5. The van der Waals surface area contributed by atoms with E-state index in [-0.39, 0.29) is 42.9 Å². The molecule has 0 bridgehead atoms. The first-order chi connectivity index (χ1) is 13.3. The maximum Gasteiger partial charge on any atom is 0.258 e. The van der Waals surface area contributed by atoms with Crippen LogP contribution in [0.3, 0.4) is 0 Å². The van der Waals surface area contributed by atoms with E-state index < -0.39 is 0 Å². The summed E-state index contributed by atoms with van der Waals surface area (Å²) in [5.74, 6) is 1.12. The van der Waals surface area contributed by atoms with Crippen LogP contribution in [0.1, 0.15) is 53.5 Å². The molecule has 0 unspecified atom stereocenters. The number of benzene rings is 1. The third kappa shape index (κ3) is 13.2. The Labute approximate surface area is 195 Å². The molecule has 1 rings (SSSR count). The third-order valence-electron chi connectivity index (χ3n) is 4.23. The van der Waals surface area contributed by atoms with Crippen LogP contribution in [0.4, 0.5) is 0 Å². The first-order valence-electron chi connectivity index (χ1n) is 10.4. The monoisotopic (exact) mass is 465 g/mol. The predicted molar refractivity (Wildman–Crippen MR) is 130 cm³/mol. The van der Waals surface area contributed by atoms with Crippen molar-refractivity contribution in [3.63, 3.8) is 0 Å². The zero-order valence-corrected chi connectivity index (χ0v) is 21.0. The molecule has 0 saturated carbocycles. The maximum absolute atomic E-state index is 12.0. The fourth-order valence-corrected chi connectivity index (χ4v) is 2.85. The van der Waals surface area contributed by atoms with Gasteiger partial charge in [-0.3, -0.25) is 4.79 Å². The highest BCUT2D eigenvalue weighted by Crippen LogP contribution is 2.28. The second-order valence-corrected chi connectivity index (χ2v) is 7.86. The summed E-state index contributed by atoms with van der Waals surface area (Å²) in [6.07, 6.45) is 1.13. The van der Waals surface area contributed by atoms with Gasteiger partial charge in [0.1, 0.15) is 0 Å². The molecule has 0 aliphatic rings. The van der Waals surface area contributed by atoms with Crippen LogP contribution >= 0.6 is 24.8 Å². The molecule has 0 heterocycles.